The van der Waals surface area contributed by atoms with Crippen LogP contribution in [0.3, 0.4) is 0 Å². The molecule has 2 heterocycles. The zero-order chi connectivity index (χ0) is 21.2. The van der Waals surface area contributed by atoms with Crippen LogP contribution in [0.25, 0.3) is 6.08 Å². The first-order chi connectivity index (χ1) is 12.8. The molecule has 0 spiro atoms. The van der Waals surface area contributed by atoms with Crippen LogP contribution < -0.4 is 5.32 Å². The molecule has 0 aromatic carbocycles. The Hall–Kier alpha value is -2.37. The minimum absolute atomic E-state index is 0.177. The molecule has 0 saturated carbocycles. The van der Waals surface area contributed by atoms with Crippen molar-refractivity contribution in [1.82, 2.24) is 10.3 Å². The molecule has 8 heteroatoms. The van der Waals surface area contributed by atoms with Crippen molar-refractivity contribution in [3.63, 3.8) is 0 Å². The highest BCUT2D eigenvalue weighted by molar-refractivity contribution is 6.56. The number of aromatic nitrogens is 1. The van der Waals surface area contributed by atoms with Gasteiger partial charge in [0.25, 0.3) is 0 Å². The van der Waals surface area contributed by atoms with Crippen LogP contribution in [0.2, 0.25) is 0 Å². The Morgan fingerprint density at radius 2 is 1.93 bits per heavy atom. The summed E-state index contributed by atoms with van der Waals surface area (Å²) < 4.78 is 17.6. The van der Waals surface area contributed by atoms with Gasteiger partial charge in [0, 0.05) is 12.7 Å². The second kappa shape index (κ2) is 7.94. The molecule has 0 unspecified atom stereocenters. The van der Waals surface area contributed by atoms with E-state index in [1.807, 2.05) is 39.8 Å². The average Bonchev–Trinajstić information content (AvgIpc) is 2.77. The number of carbonyl (C=O) groups excluding carboxylic acids is 1. The summed E-state index contributed by atoms with van der Waals surface area (Å²) in [7, 11) is -0.640. The Morgan fingerprint density at radius 1 is 1.32 bits per heavy atom. The van der Waals surface area contributed by atoms with Gasteiger partial charge in [-0.15, -0.1) is 0 Å². The third-order valence-corrected chi connectivity index (χ3v) is 4.64. The minimum atomic E-state index is -0.640. The first kappa shape index (κ1) is 21.9. The summed E-state index contributed by atoms with van der Waals surface area (Å²) in [6.07, 6.45) is 2.87. The maximum atomic E-state index is 12.1. The zero-order valence-corrected chi connectivity index (χ0v) is 17.6. The summed E-state index contributed by atoms with van der Waals surface area (Å²) >= 11 is 0. The van der Waals surface area contributed by atoms with Crippen molar-refractivity contribution in [2.45, 2.75) is 65.3 Å². The maximum Gasteiger partial charge on any atom is 0.492 e. The van der Waals surface area contributed by atoms with Crippen molar-refractivity contribution < 1.29 is 18.8 Å². The lowest BCUT2D eigenvalue weighted by Gasteiger charge is -2.32. The van der Waals surface area contributed by atoms with E-state index in [1.165, 1.54) is 0 Å². The van der Waals surface area contributed by atoms with Gasteiger partial charge >= 0.3 is 13.2 Å². The molecule has 1 N–H and O–H groups in total. The van der Waals surface area contributed by atoms with Gasteiger partial charge in [-0.05, 0) is 71.6 Å². The molecule has 1 aromatic heterocycles. The van der Waals surface area contributed by atoms with Gasteiger partial charge in [0.05, 0.1) is 11.2 Å². The number of hydrogen-bond acceptors (Lipinski definition) is 6. The molecule has 1 aromatic rings. The van der Waals surface area contributed by atoms with Gasteiger partial charge in [-0.2, -0.15) is 5.26 Å². The number of nitrogens with zero attached hydrogens (tertiary/aromatic N) is 2. The fraction of sp³-hybridized carbons (Fsp3) is 0.550. The molecule has 0 radical (unpaired) electrons. The summed E-state index contributed by atoms with van der Waals surface area (Å²) in [5.74, 6) is 0. The first-order valence-corrected chi connectivity index (χ1v) is 9.22. The van der Waals surface area contributed by atoms with Crippen molar-refractivity contribution in [3.8, 4) is 6.07 Å². The van der Waals surface area contributed by atoms with Crippen LogP contribution >= 0.6 is 0 Å². The number of pyridine rings is 1. The van der Waals surface area contributed by atoms with Crippen molar-refractivity contribution in [1.29, 1.82) is 5.26 Å². The minimum Gasteiger partial charge on any atom is -0.444 e. The fourth-order valence-electron chi connectivity index (χ4n) is 2.50. The van der Waals surface area contributed by atoms with E-state index >= 15 is 0 Å². The van der Waals surface area contributed by atoms with Crippen LogP contribution in [0, 0.1) is 11.3 Å². The first-order valence-electron chi connectivity index (χ1n) is 9.22. The predicted molar refractivity (Wildman–Crippen MR) is 107 cm³/mol. The summed E-state index contributed by atoms with van der Waals surface area (Å²) in [4.78, 5) is 16.1. The smallest absolute Gasteiger partial charge is 0.444 e. The Balaban J connectivity index is 2.27. The number of nitrogens with one attached hydrogen (secondary N) is 1. The molecule has 0 atom stereocenters. The maximum absolute atomic E-state index is 12.1. The number of alkyl carbamates (subject to hydrolysis) is 1. The van der Waals surface area contributed by atoms with E-state index in [4.69, 9.17) is 19.3 Å². The summed E-state index contributed by atoms with van der Waals surface area (Å²) in [5, 5.41) is 11.8. The van der Waals surface area contributed by atoms with E-state index < -0.39 is 30.0 Å². The molecule has 1 amide bonds. The zero-order valence-electron chi connectivity index (χ0n) is 17.6. The number of rotatable bonds is 4. The van der Waals surface area contributed by atoms with E-state index in [9.17, 15) is 4.79 Å². The van der Waals surface area contributed by atoms with Gasteiger partial charge in [-0.3, -0.25) is 0 Å². The molecule has 0 aliphatic carbocycles. The van der Waals surface area contributed by atoms with Crippen LogP contribution in [-0.2, 0) is 14.0 Å². The lowest BCUT2D eigenvalue weighted by Crippen LogP contribution is -2.41. The lowest BCUT2D eigenvalue weighted by atomic mass is 9.77. The number of amides is 1. The van der Waals surface area contributed by atoms with Crippen LogP contribution in [0.4, 0.5) is 4.79 Å². The predicted octanol–water partition coefficient (Wildman–Crippen LogP) is 3.49. The third kappa shape index (κ3) is 5.57. The van der Waals surface area contributed by atoms with E-state index in [-0.39, 0.29) is 6.54 Å². The molecular weight excluding hydrogens is 357 g/mol. The van der Waals surface area contributed by atoms with Gasteiger partial charge in [-0.1, -0.05) is 6.08 Å². The fourth-order valence-corrected chi connectivity index (χ4v) is 2.50. The van der Waals surface area contributed by atoms with E-state index in [1.54, 1.807) is 39.1 Å². The molecule has 150 valence electrons. The largest absolute Gasteiger partial charge is 0.492 e. The molecule has 1 fully saturated rings. The molecule has 28 heavy (non-hydrogen) atoms. The van der Waals surface area contributed by atoms with E-state index in [0.717, 1.165) is 5.56 Å². The molecule has 2 rings (SSSR count). The van der Waals surface area contributed by atoms with Crippen molar-refractivity contribution in [3.05, 3.63) is 35.1 Å². The van der Waals surface area contributed by atoms with Gasteiger partial charge < -0.3 is 19.4 Å². The van der Waals surface area contributed by atoms with Crippen molar-refractivity contribution in [2.75, 3.05) is 6.54 Å². The quantitative estimate of drug-likeness (QED) is 0.798. The van der Waals surface area contributed by atoms with E-state index in [0.29, 0.717) is 11.2 Å². The highest BCUT2D eigenvalue weighted by atomic mass is 16.7. The van der Waals surface area contributed by atoms with Crippen LogP contribution in [-0.4, -0.2) is 41.5 Å². The molecular formula is C20H28BN3O4. The Morgan fingerprint density at radius 3 is 2.46 bits per heavy atom. The topological polar surface area (TPSA) is 93.5 Å². The van der Waals surface area contributed by atoms with Gasteiger partial charge in [0.2, 0.25) is 0 Å². The van der Waals surface area contributed by atoms with Crippen LogP contribution in [0.15, 0.2) is 23.8 Å². The molecule has 1 aliphatic rings. The second-order valence-electron chi connectivity index (χ2n) is 8.75. The third-order valence-electron chi connectivity index (χ3n) is 4.64. The van der Waals surface area contributed by atoms with Gasteiger partial charge in [0.1, 0.15) is 17.4 Å². The summed E-state index contributed by atoms with van der Waals surface area (Å²) in [6.45, 7) is 13.4. The summed E-state index contributed by atoms with van der Waals surface area (Å²) in [6, 6.07) is 5.46. The number of hydrogen-bond donors (Lipinski definition) is 1. The standard InChI is InChI=1S/C20H28BN3O4/c1-18(2,3)26-17(25)24-13-15(10-14-8-9-23-16(11-14)12-22)21-27-19(4,5)20(6,7)28-21/h8-11H,13H2,1-7H3,(H,24,25). The number of ether oxygens (including phenoxy) is 1. The van der Waals surface area contributed by atoms with Gasteiger partial charge in [0.15, 0.2) is 0 Å². The normalized spacial score (nSPS) is 18.5. The SMILES string of the molecule is CC(C)(C)OC(=O)NCC(=Cc1ccnc(C#N)c1)B1OC(C)(C)C(C)(C)O1. The highest BCUT2D eigenvalue weighted by Crippen LogP contribution is 2.38. The highest BCUT2D eigenvalue weighted by Gasteiger charge is 2.52. The number of carbonyl (C=O) groups is 1. The van der Waals surface area contributed by atoms with Crippen molar-refractivity contribution in [2.24, 2.45) is 0 Å². The Kier molecular flexibility index (Phi) is 6.22. The molecule has 0 bridgehead atoms. The average molecular weight is 385 g/mol. The van der Waals surface area contributed by atoms with E-state index in [2.05, 4.69) is 10.3 Å². The lowest BCUT2D eigenvalue weighted by molar-refractivity contribution is 0.00578. The Bertz CT molecular complexity index is 790. The number of nitriles is 1. The molecule has 7 nitrogen and oxygen atoms in total. The molecule has 1 aliphatic heterocycles. The Labute approximate surface area is 167 Å². The van der Waals surface area contributed by atoms with Crippen LogP contribution in [0.5, 0.6) is 0 Å². The van der Waals surface area contributed by atoms with Crippen LogP contribution in [0.1, 0.15) is 59.7 Å². The van der Waals surface area contributed by atoms with Crippen molar-refractivity contribution >= 4 is 19.3 Å². The summed E-state index contributed by atoms with van der Waals surface area (Å²) in [5.41, 5.74) is 0.159. The second-order valence-corrected chi connectivity index (χ2v) is 8.75. The van der Waals surface area contributed by atoms with Gasteiger partial charge in [-0.25, -0.2) is 9.78 Å². The monoisotopic (exact) mass is 385 g/mol. The molecule has 1 saturated heterocycles.